The highest BCUT2D eigenvalue weighted by molar-refractivity contribution is 7.11. The Morgan fingerprint density at radius 3 is 3.00 bits per heavy atom. The molecular weight excluding hydrogens is 304 g/mol. The molecule has 0 saturated carbocycles. The van der Waals surface area contributed by atoms with Crippen LogP contribution in [0.5, 0.6) is 0 Å². The van der Waals surface area contributed by atoms with Gasteiger partial charge in [0.15, 0.2) is 5.96 Å². The van der Waals surface area contributed by atoms with E-state index >= 15 is 0 Å². The molecule has 1 N–H and O–H groups in total. The van der Waals surface area contributed by atoms with Crippen LogP contribution < -0.4 is 5.32 Å². The zero-order valence-electron chi connectivity index (χ0n) is 14.3. The molecule has 3 unspecified atom stereocenters. The van der Waals surface area contributed by atoms with E-state index in [1.54, 1.807) is 0 Å². The third-order valence-electron chi connectivity index (χ3n) is 5.49. The molecule has 1 aromatic rings. The standard InChI is InChI=1S/C18H28N4S/c1-12-8-9-14-10-19-18(22(14)11-12)20-13(2)17-21-15-6-4-3-5-7-16(15)23-17/h12-14H,3-11H2,1-2H3,(H,19,20). The third-order valence-corrected chi connectivity index (χ3v) is 6.83. The number of nitrogens with zero attached hydrogens (tertiary/aromatic N) is 3. The van der Waals surface area contributed by atoms with Gasteiger partial charge in [-0.3, -0.25) is 4.99 Å². The van der Waals surface area contributed by atoms with Gasteiger partial charge >= 0.3 is 0 Å². The topological polar surface area (TPSA) is 40.5 Å². The lowest BCUT2D eigenvalue weighted by atomic mass is 9.95. The fourth-order valence-corrected chi connectivity index (χ4v) is 5.21. The van der Waals surface area contributed by atoms with Gasteiger partial charge in [-0.25, -0.2) is 4.98 Å². The van der Waals surface area contributed by atoms with E-state index in [4.69, 9.17) is 9.98 Å². The molecule has 1 aromatic heterocycles. The number of guanidine groups is 1. The lowest BCUT2D eigenvalue weighted by Gasteiger charge is -2.36. The Hall–Kier alpha value is -1.10. The second-order valence-corrected chi connectivity index (χ2v) is 8.62. The van der Waals surface area contributed by atoms with Crippen molar-refractivity contribution in [3.05, 3.63) is 15.6 Å². The molecule has 5 heteroatoms. The number of hydrogen-bond acceptors (Lipinski definition) is 5. The maximum atomic E-state index is 4.95. The quantitative estimate of drug-likeness (QED) is 0.842. The SMILES string of the molecule is CC1CCC2CN=C(NC(C)c3nc4c(s3)CCCCC4)N2C1. The molecule has 0 bridgehead atoms. The third kappa shape index (κ3) is 3.12. The average molecular weight is 333 g/mol. The van der Waals surface area contributed by atoms with E-state index in [0.717, 1.165) is 25.0 Å². The molecule has 23 heavy (non-hydrogen) atoms. The highest BCUT2D eigenvalue weighted by atomic mass is 32.1. The van der Waals surface area contributed by atoms with E-state index in [1.807, 2.05) is 11.3 Å². The Bertz CT molecular complexity index is 570. The van der Waals surface area contributed by atoms with Gasteiger partial charge in [-0.05, 0) is 51.4 Å². The second kappa shape index (κ2) is 6.42. The maximum Gasteiger partial charge on any atom is 0.194 e. The minimum atomic E-state index is 0.265. The van der Waals surface area contributed by atoms with E-state index in [2.05, 4.69) is 24.1 Å². The van der Waals surface area contributed by atoms with Crippen LogP contribution in [-0.4, -0.2) is 35.0 Å². The zero-order chi connectivity index (χ0) is 15.8. The number of piperidine rings is 1. The van der Waals surface area contributed by atoms with E-state index < -0.39 is 0 Å². The molecule has 3 atom stereocenters. The molecule has 2 aliphatic heterocycles. The van der Waals surface area contributed by atoms with Crippen LogP contribution in [0.25, 0.3) is 0 Å². The number of thiazole rings is 1. The van der Waals surface area contributed by atoms with E-state index in [0.29, 0.717) is 6.04 Å². The first-order valence-corrected chi connectivity index (χ1v) is 10.1. The Labute approximate surface area is 143 Å². The zero-order valence-corrected chi connectivity index (χ0v) is 15.2. The number of hydrogen-bond donors (Lipinski definition) is 1. The van der Waals surface area contributed by atoms with Gasteiger partial charge in [0.2, 0.25) is 0 Å². The summed E-state index contributed by atoms with van der Waals surface area (Å²) >= 11 is 1.92. The average Bonchev–Trinajstić information content (AvgIpc) is 3.06. The Morgan fingerprint density at radius 1 is 1.22 bits per heavy atom. The molecule has 3 aliphatic rings. The number of aryl methyl sites for hydroxylation is 2. The number of aliphatic imine (C=N–C) groups is 1. The molecule has 1 aliphatic carbocycles. The van der Waals surface area contributed by atoms with Crippen molar-refractivity contribution in [3.8, 4) is 0 Å². The van der Waals surface area contributed by atoms with Gasteiger partial charge in [0, 0.05) is 11.4 Å². The predicted molar refractivity (Wildman–Crippen MR) is 96.1 cm³/mol. The minimum absolute atomic E-state index is 0.265. The van der Waals surface area contributed by atoms with Crippen LogP contribution in [0.1, 0.15) is 67.6 Å². The van der Waals surface area contributed by atoms with Crippen molar-refractivity contribution in [2.24, 2.45) is 10.9 Å². The lowest BCUT2D eigenvalue weighted by molar-refractivity contribution is 0.210. The van der Waals surface area contributed by atoms with Crippen LogP contribution in [0, 0.1) is 5.92 Å². The van der Waals surface area contributed by atoms with Gasteiger partial charge in [-0.1, -0.05) is 13.3 Å². The van der Waals surface area contributed by atoms with Crippen LogP contribution in [0.3, 0.4) is 0 Å². The fourth-order valence-electron chi connectivity index (χ4n) is 4.06. The number of nitrogens with one attached hydrogen (secondary N) is 1. The molecule has 0 radical (unpaired) electrons. The molecule has 4 nitrogen and oxygen atoms in total. The second-order valence-electron chi connectivity index (χ2n) is 7.50. The van der Waals surface area contributed by atoms with Crippen molar-refractivity contribution in [3.63, 3.8) is 0 Å². The molecule has 4 rings (SSSR count). The summed E-state index contributed by atoms with van der Waals surface area (Å²) in [4.78, 5) is 13.8. The predicted octanol–water partition coefficient (Wildman–Crippen LogP) is 3.53. The monoisotopic (exact) mass is 332 g/mol. The van der Waals surface area contributed by atoms with Crippen LogP contribution in [0.2, 0.25) is 0 Å². The smallest absolute Gasteiger partial charge is 0.194 e. The van der Waals surface area contributed by atoms with Crippen molar-refractivity contribution in [1.29, 1.82) is 0 Å². The summed E-state index contributed by atoms with van der Waals surface area (Å²) in [6.45, 7) is 6.71. The van der Waals surface area contributed by atoms with Crippen LogP contribution >= 0.6 is 11.3 Å². The molecule has 1 fully saturated rings. The molecule has 0 aromatic carbocycles. The van der Waals surface area contributed by atoms with Crippen molar-refractivity contribution in [1.82, 2.24) is 15.2 Å². The van der Waals surface area contributed by atoms with E-state index in [9.17, 15) is 0 Å². The highest BCUT2D eigenvalue weighted by Crippen LogP contribution is 2.30. The highest BCUT2D eigenvalue weighted by Gasteiger charge is 2.33. The van der Waals surface area contributed by atoms with Gasteiger partial charge in [0.25, 0.3) is 0 Å². The van der Waals surface area contributed by atoms with Crippen molar-refractivity contribution in [2.45, 2.75) is 70.9 Å². The van der Waals surface area contributed by atoms with Gasteiger partial charge in [0.1, 0.15) is 5.01 Å². The summed E-state index contributed by atoms with van der Waals surface area (Å²) < 4.78 is 0. The summed E-state index contributed by atoms with van der Waals surface area (Å²) in [5.74, 6) is 1.89. The van der Waals surface area contributed by atoms with Crippen LogP contribution in [0.15, 0.2) is 4.99 Å². The van der Waals surface area contributed by atoms with E-state index in [-0.39, 0.29) is 6.04 Å². The molecular formula is C18H28N4S. The van der Waals surface area contributed by atoms with Gasteiger partial charge in [0.05, 0.1) is 24.3 Å². The molecule has 0 amide bonds. The van der Waals surface area contributed by atoms with Crippen LogP contribution in [-0.2, 0) is 12.8 Å². The molecule has 3 heterocycles. The number of aromatic nitrogens is 1. The molecule has 0 spiro atoms. The van der Waals surface area contributed by atoms with Gasteiger partial charge < -0.3 is 10.2 Å². The summed E-state index contributed by atoms with van der Waals surface area (Å²) in [5.41, 5.74) is 1.37. The molecule has 1 saturated heterocycles. The number of rotatable bonds is 2. The Kier molecular flexibility index (Phi) is 4.31. The van der Waals surface area contributed by atoms with Crippen molar-refractivity contribution < 1.29 is 0 Å². The summed E-state index contributed by atoms with van der Waals surface area (Å²) in [7, 11) is 0. The molecule has 126 valence electrons. The largest absolute Gasteiger partial charge is 0.347 e. The fraction of sp³-hybridized carbons (Fsp3) is 0.778. The minimum Gasteiger partial charge on any atom is -0.347 e. The summed E-state index contributed by atoms with van der Waals surface area (Å²) in [5, 5.41) is 4.91. The first-order valence-electron chi connectivity index (χ1n) is 9.27. The Morgan fingerprint density at radius 2 is 2.09 bits per heavy atom. The van der Waals surface area contributed by atoms with Crippen molar-refractivity contribution >= 4 is 17.3 Å². The van der Waals surface area contributed by atoms with E-state index in [1.165, 1.54) is 60.5 Å². The summed E-state index contributed by atoms with van der Waals surface area (Å²) in [6, 6.07) is 0.899. The number of fused-ring (bicyclic) bond motifs is 2. The normalized spacial score (nSPS) is 28.6. The van der Waals surface area contributed by atoms with Gasteiger partial charge in [-0.2, -0.15) is 0 Å². The summed E-state index contributed by atoms with van der Waals surface area (Å²) in [6.07, 6.45) is 9.03. The van der Waals surface area contributed by atoms with Gasteiger partial charge in [-0.15, -0.1) is 11.3 Å². The Balaban J connectivity index is 1.45. The van der Waals surface area contributed by atoms with Crippen LogP contribution in [0.4, 0.5) is 0 Å². The van der Waals surface area contributed by atoms with Crippen molar-refractivity contribution in [2.75, 3.05) is 13.1 Å². The lowest BCUT2D eigenvalue weighted by Crippen LogP contribution is -2.48. The maximum absolute atomic E-state index is 4.95. The first-order chi connectivity index (χ1) is 11.2. The first kappa shape index (κ1) is 15.4.